The Balaban J connectivity index is 2.65. The van der Waals surface area contributed by atoms with Gasteiger partial charge in [-0.3, -0.25) is 4.79 Å². The normalized spacial score (nSPS) is 12.6. The van der Waals surface area contributed by atoms with Crippen LogP contribution in [0.2, 0.25) is 10.0 Å². The Bertz CT molecular complexity index is 558. The van der Waals surface area contributed by atoms with Crippen LogP contribution in [-0.4, -0.2) is 25.3 Å². The summed E-state index contributed by atoms with van der Waals surface area (Å²) < 4.78 is 39.8. The van der Waals surface area contributed by atoms with Gasteiger partial charge in [-0.2, -0.15) is 18.4 Å². The molecule has 1 aromatic rings. The second kappa shape index (κ2) is 7.50. The molecule has 0 saturated heterocycles. The molecule has 21 heavy (non-hydrogen) atoms. The number of nitriles is 1. The van der Waals surface area contributed by atoms with Crippen molar-refractivity contribution < 1.29 is 22.7 Å². The van der Waals surface area contributed by atoms with E-state index in [1.165, 1.54) is 18.2 Å². The van der Waals surface area contributed by atoms with Crippen molar-refractivity contribution in [2.45, 2.75) is 12.2 Å². The highest BCUT2D eigenvalue weighted by Crippen LogP contribution is 2.29. The Hall–Kier alpha value is -1.49. The quantitative estimate of drug-likeness (QED) is 0.894. The third-order valence-electron chi connectivity index (χ3n) is 2.23. The zero-order valence-corrected chi connectivity index (χ0v) is 11.9. The molecule has 0 aliphatic carbocycles. The molecule has 0 radical (unpaired) electrons. The summed E-state index contributed by atoms with van der Waals surface area (Å²) in [5.41, 5.74) is 0.246. The van der Waals surface area contributed by atoms with Gasteiger partial charge in [0.2, 0.25) is 5.91 Å². The maximum absolute atomic E-state index is 11.9. The van der Waals surface area contributed by atoms with Crippen LogP contribution in [0.1, 0.15) is 11.6 Å². The molecule has 1 atom stereocenters. The molecule has 1 rings (SSSR count). The van der Waals surface area contributed by atoms with Gasteiger partial charge in [-0.15, -0.1) is 0 Å². The molecule has 0 saturated carbocycles. The molecule has 0 bridgehead atoms. The van der Waals surface area contributed by atoms with E-state index >= 15 is 0 Å². The maximum Gasteiger partial charge on any atom is 0.411 e. The van der Waals surface area contributed by atoms with Crippen molar-refractivity contribution in [3.8, 4) is 6.07 Å². The predicted molar refractivity (Wildman–Crippen MR) is 69.8 cm³/mol. The molecule has 1 amide bonds. The van der Waals surface area contributed by atoms with E-state index in [1.807, 2.05) is 0 Å². The first-order chi connectivity index (χ1) is 9.74. The maximum atomic E-state index is 11.9. The minimum atomic E-state index is -4.52. The first kappa shape index (κ1) is 17.6. The first-order valence-corrected chi connectivity index (χ1v) is 6.27. The van der Waals surface area contributed by atoms with E-state index in [0.29, 0.717) is 0 Å². The molecule has 114 valence electrons. The van der Waals surface area contributed by atoms with Gasteiger partial charge in [0.05, 0.1) is 16.1 Å². The monoisotopic (exact) mass is 340 g/mol. The fourth-order valence-corrected chi connectivity index (χ4v) is 1.80. The number of benzene rings is 1. The summed E-state index contributed by atoms with van der Waals surface area (Å²) in [5, 5.41) is 11.5. The van der Waals surface area contributed by atoms with Gasteiger partial charge in [0.15, 0.2) is 0 Å². The van der Waals surface area contributed by atoms with Crippen LogP contribution in [0.3, 0.4) is 0 Å². The van der Waals surface area contributed by atoms with Crippen molar-refractivity contribution in [2.75, 3.05) is 13.2 Å². The van der Waals surface area contributed by atoms with Crippen molar-refractivity contribution in [1.82, 2.24) is 5.32 Å². The Labute approximate surface area is 128 Å². The fraction of sp³-hybridized carbons (Fsp3) is 0.333. The molecule has 0 spiro atoms. The lowest BCUT2D eigenvalue weighted by Crippen LogP contribution is -2.32. The number of ether oxygens (including phenoxy) is 1. The van der Waals surface area contributed by atoms with Gasteiger partial charge in [-0.05, 0) is 6.07 Å². The fourth-order valence-electron chi connectivity index (χ4n) is 1.39. The van der Waals surface area contributed by atoms with Crippen LogP contribution in [0, 0.1) is 11.3 Å². The largest absolute Gasteiger partial charge is 0.411 e. The molecule has 9 heteroatoms. The Morgan fingerprint density at radius 3 is 2.67 bits per heavy atom. The number of hydrogen-bond acceptors (Lipinski definition) is 3. The Morgan fingerprint density at radius 2 is 2.10 bits per heavy atom. The van der Waals surface area contributed by atoms with E-state index in [0.717, 1.165) is 0 Å². The van der Waals surface area contributed by atoms with E-state index in [2.05, 4.69) is 10.1 Å². The number of rotatable bonds is 5. The van der Waals surface area contributed by atoms with Crippen molar-refractivity contribution in [3.05, 3.63) is 33.8 Å². The second-order valence-corrected chi connectivity index (χ2v) is 4.67. The van der Waals surface area contributed by atoms with Crippen molar-refractivity contribution in [2.24, 2.45) is 0 Å². The van der Waals surface area contributed by atoms with Crippen molar-refractivity contribution in [3.63, 3.8) is 0 Å². The summed E-state index contributed by atoms with van der Waals surface area (Å²) >= 11 is 11.7. The molecular weight excluding hydrogens is 332 g/mol. The van der Waals surface area contributed by atoms with Crippen LogP contribution in [-0.2, 0) is 9.53 Å². The van der Waals surface area contributed by atoms with E-state index in [-0.39, 0.29) is 15.6 Å². The molecule has 1 aromatic carbocycles. The highest BCUT2D eigenvalue weighted by atomic mass is 35.5. The number of halogens is 5. The van der Waals surface area contributed by atoms with Crippen molar-refractivity contribution in [1.29, 1.82) is 5.26 Å². The molecule has 0 unspecified atom stereocenters. The molecule has 4 nitrogen and oxygen atoms in total. The highest BCUT2D eigenvalue weighted by Gasteiger charge is 2.28. The lowest BCUT2D eigenvalue weighted by atomic mass is 10.1. The van der Waals surface area contributed by atoms with Gasteiger partial charge >= 0.3 is 6.18 Å². The average Bonchev–Trinajstić information content (AvgIpc) is 2.38. The van der Waals surface area contributed by atoms with E-state index < -0.39 is 31.3 Å². The number of carbonyl (C=O) groups is 1. The van der Waals surface area contributed by atoms with Crippen LogP contribution < -0.4 is 5.32 Å². The third kappa shape index (κ3) is 5.79. The minimum Gasteiger partial charge on any atom is -0.362 e. The summed E-state index contributed by atoms with van der Waals surface area (Å²) in [6.45, 7) is -2.37. The first-order valence-electron chi connectivity index (χ1n) is 5.52. The van der Waals surface area contributed by atoms with Gasteiger partial charge in [0.25, 0.3) is 0 Å². The minimum absolute atomic E-state index is 0.0854. The van der Waals surface area contributed by atoms with Gasteiger partial charge in [-0.25, -0.2) is 0 Å². The standard InChI is InChI=1S/C12H9Cl2F3N2O2/c13-8-3-1-2-7(11(8)14)9(4-18)19-10(20)5-21-6-12(15,16)17/h1-3,9H,5-6H2,(H,19,20)/t9-/m0/s1. The Kier molecular flexibility index (Phi) is 6.27. The molecule has 0 aromatic heterocycles. The summed E-state index contributed by atoms with van der Waals surface area (Å²) in [6.07, 6.45) is -4.52. The van der Waals surface area contributed by atoms with Gasteiger partial charge in [0, 0.05) is 5.56 Å². The summed E-state index contributed by atoms with van der Waals surface area (Å²) in [7, 11) is 0. The van der Waals surface area contributed by atoms with E-state index in [1.54, 1.807) is 6.07 Å². The third-order valence-corrected chi connectivity index (χ3v) is 3.06. The van der Waals surface area contributed by atoms with Crippen LogP contribution in [0.25, 0.3) is 0 Å². The molecule has 0 aliphatic rings. The van der Waals surface area contributed by atoms with Gasteiger partial charge < -0.3 is 10.1 Å². The van der Waals surface area contributed by atoms with E-state index in [9.17, 15) is 18.0 Å². The van der Waals surface area contributed by atoms with Gasteiger partial charge in [-0.1, -0.05) is 35.3 Å². The van der Waals surface area contributed by atoms with Crippen LogP contribution in [0.5, 0.6) is 0 Å². The highest BCUT2D eigenvalue weighted by molar-refractivity contribution is 6.42. The lowest BCUT2D eigenvalue weighted by molar-refractivity contribution is -0.175. The summed E-state index contributed by atoms with van der Waals surface area (Å²) in [6, 6.07) is 5.13. The zero-order valence-electron chi connectivity index (χ0n) is 10.4. The number of carbonyl (C=O) groups excluding carboxylic acids is 1. The molecule has 1 N–H and O–H groups in total. The lowest BCUT2D eigenvalue weighted by Gasteiger charge is -2.14. The number of hydrogen-bond donors (Lipinski definition) is 1. The number of nitrogens with zero attached hydrogens (tertiary/aromatic N) is 1. The zero-order chi connectivity index (χ0) is 16.0. The molecular formula is C12H9Cl2F3N2O2. The predicted octanol–water partition coefficient (Wildman–Crippen LogP) is 3.25. The summed E-state index contributed by atoms with van der Waals surface area (Å²) in [4.78, 5) is 11.4. The molecule has 0 fully saturated rings. The van der Waals surface area contributed by atoms with Crippen LogP contribution in [0.15, 0.2) is 18.2 Å². The number of nitrogens with one attached hydrogen (secondary N) is 1. The van der Waals surface area contributed by atoms with Gasteiger partial charge in [0.1, 0.15) is 19.3 Å². The van der Waals surface area contributed by atoms with Crippen LogP contribution in [0.4, 0.5) is 13.2 Å². The SMILES string of the molecule is N#C[C@H](NC(=O)COCC(F)(F)F)c1cccc(Cl)c1Cl. The Morgan fingerprint density at radius 1 is 1.43 bits per heavy atom. The van der Waals surface area contributed by atoms with Crippen LogP contribution >= 0.6 is 23.2 Å². The summed E-state index contributed by atoms with van der Waals surface area (Å²) in [5.74, 6) is -0.873. The molecule has 0 aliphatic heterocycles. The smallest absolute Gasteiger partial charge is 0.362 e. The van der Waals surface area contributed by atoms with Crippen molar-refractivity contribution >= 4 is 29.1 Å². The average molecular weight is 341 g/mol. The number of amides is 1. The molecule has 0 heterocycles. The second-order valence-electron chi connectivity index (χ2n) is 3.88. The van der Waals surface area contributed by atoms with E-state index in [4.69, 9.17) is 28.5 Å². The topological polar surface area (TPSA) is 62.1 Å². The number of alkyl halides is 3.